The number of esters is 1. The second kappa shape index (κ2) is 9.02. The van der Waals surface area contributed by atoms with Crippen LogP contribution < -0.4 is 5.32 Å². The first kappa shape index (κ1) is 19.4. The number of halogens is 1. The number of amides is 1. The summed E-state index contributed by atoms with van der Waals surface area (Å²) in [6.07, 6.45) is 3.12. The van der Waals surface area contributed by atoms with E-state index in [1.165, 1.54) is 19.3 Å². The van der Waals surface area contributed by atoms with E-state index in [2.05, 4.69) is 5.32 Å². The van der Waals surface area contributed by atoms with E-state index in [-0.39, 0.29) is 11.5 Å². The number of benzene rings is 3. The Morgan fingerprint density at radius 2 is 1.61 bits per heavy atom. The lowest BCUT2D eigenvalue weighted by Gasteiger charge is -2.08. The third kappa shape index (κ3) is 4.87. The molecule has 3 aromatic rings. The Bertz CT molecular complexity index is 1010. The van der Waals surface area contributed by atoms with Gasteiger partial charge in [-0.05, 0) is 41.0 Å². The molecule has 140 valence electrons. The Hall–Kier alpha value is -3.37. The van der Waals surface area contributed by atoms with E-state index in [9.17, 15) is 9.59 Å². The van der Waals surface area contributed by atoms with Crippen LogP contribution in [0.2, 0.25) is 5.02 Å². The quantitative estimate of drug-likeness (QED) is 0.465. The van der Waals surface area contributed by atoms with Gasteiger partial charge in [-0.3, -0.25) is 4.79 Å². The minimum absolute atomic E-state index is 0.198. The number of nitrogens with one attached hydrogen (secondary N) is 1. The molecule has 0 aliphatic rings. The average Bonchev–Trinajstić information content (AvgIpc) is 2.74. The molecule has 3 aromatic carbocycles. The monoisotopic (exact) mass is 391 g/mol. The molecule has 28 heavy (non-hydrogen) atoms. The van der Waals surface area contributed by atoms with Gasteiger partial charge in [0.1, 0.15) is 0 Å². The number of ether oxygens (including phenoxy) is 1. The van der Waals surface area contributed by atoms with Crippen molar-refractivity contribution in [1.82, 2.24) is 0 Å². The zero-order valence-electron chi connectivity index (χ0n) is 15.2. The molecule has 0 spiro atoms. The van der Waals surface area contributed by atoms with E-state index in [0.717, 1.165) is 16.7 Å². The maximum absolute atomic E-state index is 12.2. The molecule has 0 atom stereocenters. The largest absolute Gasteiger partial charge is 0.465 e. The fraction of sp³-hybridized carbons (Fsp3) is 0.0435. The molecule has 0 aliphatic heterocycles. The Kier molecular flexibility index (Phi) is 6.25. The van der Waals surface area contributed by atoms with Gasteiger partial charge in [-0.1, -0.05) is 66.2 Å². The summed E-state index contributed by atoms with van der Waals surface area (Å²) in [5.74, 6) is -0.933. The summed E-state index contributed by atoms with van der Waals surface area (Å²) in [5, 5.41) is 3.06. The highest BCUT2D eigenvalue weighted by molar-refractivity contribution is 6.31. The van der Waals surface area contributed by atoms with E-state index in [0.29, 0.717) is 10.7 Å². The number of hydrogen-bond acceptors (Lipinski definition) is 3. The van der Waals surface area contributed by atoms with Crippen LogP contribution in [0.4, 0.5) is 5.69 Å². The van der Waals surface area contributed by atoms with Gasteiger partial charge in [0.15, 0.2) is 0 Å². The Labute approximate surface area is 168 Å². The van der Waals surface area contributed by atoms with Gasteiger partial charge in [0.05, 0.1) is 18.4 Å². The highest BCUT2D eigenvalue weighted by Crippen LogP contribution is 2.22. The molecule has 3 rings (SSSR count). The number of rotatable bonds is 5. The molecule has 0 radical (unpaired) electrons. The fourth-order valence-electron chi connectivity index (χ4n) is 2.67. The number of carbonyl (C=O) groups is 2. The Morgan fingerprint density at radius 1 is 0.929 bits per heavy atom. The first-order valence-electron chi connectivity index (χ1n) is 8.59. The van der Waals surface area contributed by atoms with Gasteiger partial charge in [-0.2, -0.15) is 0 Å². The van der Waals surface area contributed by atoms with Crippen molar-refractivity contribution >= 4 is 35.2 Å². The van der Waals surface area contributed by atoms with Crippen LogP contribution in [-0.4, -0.2) is 19.0 Å². The standard InChI is InChI=1S/C23H18ClNO3/c1-28-23(27)20-15-19(24)12-13-21(20)25-22(26)14-9-16-7-10-18(11-8-16)17-5-3-2-4-6-17/h2-15H,1H3,(H,25,26)/b14-9+. The van der Waals surface area contributed by atoms with Gasteiger partial charge in [0.25, 0.3) is 0 Å². The summed E-state index contributed by atoms with van der Waals surface area (Å²) >= 11 is 5.92. The normalized spacial score (nSPS) is 10.6. The second-order valence-corrected chi connectivity index (χ2v) is 6.43. The molecule has 1 amide bonds. The highest BCUT2D eigenvalue weighted by Gasteiger charge is 2.13. The fourth-order valence-corrected chi connectivity index (χ4v) is 2.84. The molecule has 0 aromatic heterocycles. The van der Waals surface area contributed by atoms with E-state index in [4.69, 9.17) is 16.3 Å². The van der Waals surface area contributed by atoms with E-state index < -0.39 is 5.97 Å². The molecular formula is C23H18ClNO3. The van der Waals surface area contributed by atoms with Crippen molar-refractivity contribution < 1.29 is 14.3 Å². The molecule has 4 nitrogen and oxygen atoms in total. The van der Waals surface area contributed by atoms with Gasteiger partial charge < -0.3 is 10.1 Å². The van der Waals surface area contributed by atoms with Crippen molar-refractivity contribution in [3.63, 3.8) is 0 Å². The molecule has 1 N–H and O–H groups in total. The minimum atomic E-state index is -0.571. The zero-order valence-corrected chi connectivity index (χ0v) is 15.9. The van der Waals surface area contributed by atoms with E-state index in [1.54, 1.807) is 18.2 Å². The molecule has 0 saturated heterocycles. The molecule has 0 bridgehead atoms. The summed E-state index contributed by atoms with van der Waals surface area (Å²) in [6, 6.07) is 22.5. The molecule has 0 aliphatic carbocycles. The SMILES string of the molecule is COC(=O)c1cc(Cl)ccc1NC(=O)/C=C/c1ccc(-c2ccccc2)cc1. The molecule has 5 heteroatoms. The van der Waals surface area contributed by atoms with Gasteiger partial charge in [-0.25, -0.2) is 4.79 Å². The van der Waals surface area contributed by atoms with Gasteiger partial charge >= 0.3 is 5.97 Å². The second-order valence-electron chi connectivity index (χ2n) is 5.99. The maximum atomic E-state index is 12.2. The van der Waals surface area contributed by atoms with Crippen LogP contribution >= 0.6 is 11.6 Å². The van der Waals surface area contributed by atoms with Crippen LogP contribution in [0.25, 0.3) is 17.2 Å². The number of methoxy groups -OCH3 is 1. The van der Waals surface area contributed by atoms with Crippen molar-refractivity contribution in [3.8, 4) is 11.1 Å². The van der Waals surface area contributed by atoms with Crippen molar-refractivity contribution in [3.05, 3.63) is 95.0 Å². The predicted molar refractivity (Wildman–Crippen MR) is 112 cm³/mol. The lowest BCUT2D eigenvalue weighted by molar-refractivity contribution is -0.111. The first-order chi connectivity index (χ1) is 13.6. The lowest BCUT2D eigenvalue weighted by atomic mass is 10.0. The van der Waals surface area contributed by atoms with Crippen molar-refractivity contribution in [2.45, 2.75) is 0 Å². The Balaban J connectivity index is 1.70. The van der Waals surface area contributed by atoms with Crippen LogP contribution in [0.15, 0.2) is 78.9 Å². The van der Waals surface area contributed by atoms with Gasteiger partial charge in [0.2, 0.25) is 5.91 Å². The molecule has 0 saturated carbocycles. The van der Waals surface area contributed by atoms with Crippen LogP contribution in [0, 0.1) is 0 Å². The zero-order chi connectivity index (χ0) is 19.9. The lowest BCUT2D eigenvalue weighted by Crippen LogP contribution is -2.13. The molecule has 0 unspecified atom stereocenters. The molecular weight excluding hydrogens is 374 g/mol. The van der Waals surface area contributed by atoms with E-state index >= 15 is 0 Å². The smallest absolute Gasteiger partial charge is 0.340 e. The summed E-state index contributed by atoms with van der Waals surface area (Å²) in [5.41, 5.74) is 3.66. The number of carbonyl (C=O) groups excluding carboxylic acids is 2. The summed E-state index contributed by atoms with van der Waals surface area (Å²) in [7, 11) is 1.27. The Morgan fingerprint density at radius 3 is 2.29 bits per heavy atom. The summed E-state index contributed by atoms with van der Waals surface area (Å²) in [4.78, 5) is 24.1. The molecule has 0 heterocycles. The van der Waals surface area contributed by atoms with Gasteiger partial charge in [-0.15, -0.1) is 0 Å². The summed E-state index contributed by atoms with van der Waals surface area (Å²) < 4.78 is 4.72. The highest BCUT2D eigenvalue weighted by atomic mass is 35.5. The molecule has 0 fully saturated rings. The predicted octanol–water partition coefficient (Wildman–Crippen LogP) is 5.45. The van der Waals surface area contributed by atoms with Crippen LogP contribution in [0.3, 0.4) is 0 Å². The topological polar surface area (TPSA) is 55.4 Å². The minimum Gasteiger partial charge on any atom is -0.465 e. The van der Waals surface area contributed by atoms with Crippen molar-refractivity contribution in [2.24, 2.45) is 0 Å². The number of hydrogen-bond donors (Lipinski definition) is 1. The van der Waals surface area contributed by atoms with Crippen molar-refractivity contribution in [2.75, 3.05) is 12.4 Å². The van der Waals surface area contributed by atoms with Crippen LogP contribution in [0.5, 0.6) is 0 Å². The van der Waals surface area contributed by atoms with Crippen LogP contribution in [-0.2, 0) is 9.53 Å². The van der Waals surface area contributed by atoms with Crippen molar-refractivity contribution in [1.29, 1.82) is 0 Å². The number of anilines is 1. The average molecular weight is 392 g/mol. The maximum Gasteiger partial charge on any atom is 0.340 e. The van der Waals surface area contributed by atoms with Crippen LogP contribution in [0.1, 0.15) is 15.9 Å². The first-order valence-corrected chi connectivity index (χ1v) is 8.97. The third-order valence-corrected chi connectivity index (χ3v) is 4.32. The summed E-state index contributed by atoms with van der Waals surface area (Å²) in [6.45, 7) is 0. The third-order valence-electron chi connectivity index (χ3n) is 4.09. The van der Waals surface area contributed by atoms with Gasteiger partial charge in [0, 0.05) is 11.1 Å². The van der Waals surface area contributed by atoms with E-state index in [1.807, 2.05) is 54.6 Å².